The highest BCUT2D eigenvalue weighted by Crippen LogP contribution is 2.24. The third-order valence-corrected chi connectivity index (χ3v) is 3.73. The van der Waals surface area contributed by atoms with E-state index >= 15 is 0 Å². The van der Waals surface area contributed by atoms with Gasteiger partial charge in [0.05, 0.1) is 6.61 Å². The van der Waals surface area contributed by atoms with Crippen molar-refractivity contribution in [2.24, 2.45) is 5.92 Å². The number of carbonyl (C=O) groups excluding carboxylic acids is 1. The monoisotopic (exact) mass is 300 g/mol. The number of methoxy groups -OCH3 is 1. The van der Waals surface area contributed by atoms with Gasteiger partial charge in [0.15, 0.2) is 0 Å². The predicted octanol–water partition coefficient (Wildman–Crippen LogP) is 2.69. The van der Waals surface area contributed by atoms with Crippen LogP contribution in [0.5, 0.6) is 0 Å². The summed E-state index contributed by atoms with van der Waals surface area (Å²) >= 11 is 0. The summed E-state index contributed by atoms with van der Waals surface area (Å²) in [5, 5.41) is 6.54. The Morgan fingerprint density at radius 3 is 2.57 bits per heavy atom. The van der Waals surface area contributed by atoms with E-state index < -0.39 is 5.60 Å². The smallest absolute Gasteiger partial charge is 0.407 e. The van der Waals surface area contributed by atoms with Gasteiger partial charge in [0.2, 0.25) is 0 Å². The molecule has 2 N–H and O–H groups in total. The van der Waals surface area contributed by atoms with Gasteiger partial charge >= 0.3 is 6.09 Å². The Kier molecular flexibility index (Phi) is 7.46. The van der Waals surface area contributed by atoms with Gasteiger partial charge in [-0.15, -0.1) is 0 Å². The molecule has 0 aromatic carbocycles. The maximum atomic E-state index is 11.8. The predicted molar refractivity (Wildman–Crippen MR) is 84.5 cm³/mol. The standard InChI is InChI=1S/C16H32N2O3/c1-12(11-20-5)18-14-9-7-6-8-13(14)10-17-15(19)21-16(2,3)4/h12-14,18H,6-11H2,1-5H3,(H,17,19). The molecular weight excluding hydrogens is 268 g/mol. The lowest BCUT2D eigenvalue weighted by atomic mass is 9.84. The molecule has 0 saturated heterocycles. The summed E-state index contributed by atoms with van der Waals surface area (Å²) < 4.78 is 10.5. The minimum atomic E-state index is -0.443. The fourth-order valence-corrected chi connectivity index (χ4v) is 2.86. The molecule has 1 aliphatic carbocycles. The van der Waals surface area contributed by atoms with Gasteiger partial charge < -0.3 is 20.1 Å². The summed E-state index contributed by atoms with van der Waals surface area (Å²) in [6, 6.07) is 0.779. The van der Waals surface area contributed by atoms with Crippen LogP contribution in [0.2, 0.25) is 0 Å². The van der Waals surface area contributed by atoms with Crippen molar-refractivity contribution >= 4 is 6.09 Å². The minimum Gasteiger partial charge on any atom is -0.444 e. The molecule has 0 spiro atoms. The first-order valence-electron chi connectivity index (χ1n) is 8.03. The third kappa shape index (κ3) is 7.67. The Bertz CT molecular complexity index is 315. The molecule has 1 saturated carbocycles. The number of ether oxygens (including phenoxy) is 2. The fraction of sp³-hybridized carbons (Fsp3) is 0.938. The van der Waals surface area contributed by atoms with Gasteiger partial charge in [0.25, 0.3) is 0 Å². The number of rotatable bonds is 6. The van der Waals surface area contributed by atoms with Gasteiger partial charge in [0, 0.05) is 25.7 Å². The van der Waals surface area contributed by atoms with Crippen molar-refractivity contribution in [3.63, 3.8) is 0 Å². The van der Waals surface area contributed by atoms with Gasteiger partial charge in [-0.3, -0.25) is 0 Å². The molecule has 124 valence electrons. The average molecular weight is 300 g/mol. The molecule has 0 aromatic rings. The highest BCUT2D eigenvalue weighted by molar-refractivity contribution is 5.67. The molecule has 1 aliphatic rings. The van der Waals surface area contributed by atoms with Crippen molar-refractivity contribution in [1.29, 1.82) is 0 Å². The molecule has 1 amide bonds. The van der Waals surface area contributed by atoms with Crippen LogP contribution in [0.3, 0.4) is 0 Å². The van der Waals surface area contributed by atoms with Crippen molar-refractivity contribution in [3.8, 4) is 0 Å². The van der Waals surface area contributed by atoms with E-state index in [4.69, 9.17) is 9.47 Å². The number of nitrogens with one attached hydrogen (secondary N) is 2. The van der Waals surface area contributed by atoms with Gasteiger partial charge in [-0.25, -0.2) is 4.79 Å². The largest absolute Gasteiger partial charge is 0.444 e. The molecule has 1 rings (SSSR count). The molecule has 3 unspecified atom stereocenters. The number of carbonyl (C=O) groups is 1. The molecular formula is C16H32N2O3. The Hall–Kier alpha value is -0.810. The molecule has 21 heavy (non-hydrogen) atoms. The second-order valence-electron chi connectivity index (χ2n) is 7.06. The van der Waals surface area contributed by atoms with E-state index in [1.165, 1.54) is 12.8 Å². The fourth-order valence-electron chi connectivity index (χ4n) is 2.86. The van der Waals surface area contributed by atoms with Crippen molar-refractivity contribution in [1.82, 2.24) is 10.6 Å². The molecule has 0 heterocycles. The lowest BCUT2D eigenvalue weighted by Crippen LogP contribution is -2.48. The number of amides is 1. The van der Waals surface area contributed by atoms with Crippen molar-refractivity contribution in [2.45, 2.75) is 71.1 Å². The maximum Gasteiger partial charge on any atom is 0.407 e. The van der Waals surface area contributed by atoms with Crippen LogP contribution in [-0.4, -0.2) is 44.0 Å². The molecule has 0 radical (unpaired) electrons. The van der Waals surface area contributed by atoms with Crippen molar-refractivity contribution in [2.75, 3.05) is 20.3 Å². The summed E-state index contributed by atoms with van der Waals surface area (Å²) in [6.07, 6.45) is 4.47. The summed E-state index contributed by atoms with van der Waals surface area (Å²) in [7, 11) is 1.72. The normalized spacial score (nSPS) is 24.4. The van der Waals surface area contributed by atoms with Crippen LogP contribution in [0, 0.1) is 5.92 Å². The first kappa shape index (κ1) is 18.2. The van der Waals surface area contributed by atoms with Crippen LogP contribution < -0.4 is 10.6 Å². The lowest BCUT2D eigenvalue weighted by molar-refractivity contribution is 0.0508. The van der Waals surface area contributed by atoms with Crippen LogP contribution in [-0.2, 0) is 9.47 Å². The van der Waals surface area contributed by atoms with E-state index in [2.05, 4.69) is 17.6 Å². The number of hydrogen-bond donors (Lipinski definition) is 2. The van der Waals surface area contributed by atoms with Gasteiger partial charge in [0.1, 0.15) is 5.60 Å². The molecule has 1 fully saturated rings. The van der Waals surface area contributed by atoms with Crippen molar-refractivity contribution < 1.29 is 14.3 Å². The zero-order valence-corrected chi connectivity index (χ0v) is 14.2. The Morgan fingerprint density at radius 2 is 1.95 bits per heavy atom. The van der Waals surface area contributed by atoms with Gasteiger partial charge in [-0.1, -0.05) is 12.8 Å². The average Bonchev–Trinajstić information content (AvgIpc) is 2.36. The third-order valence-electron chi connectivity index (χ3n) is 3.73. The van der Waals surface area contributed by atoms with Gasteiger partial charge in [-0.2, -0.15) is 0 Å². The lowest BCUT2D eigenvalue weighted by Gasteiger charge is -2.34. The number of hydrogen-bond acceptors (Lipinski definition) is 4. The first-order valence-corrected chi connectivity index (χ1v) is 8.03. The SMILES string of the molecule is COCC(C)NC1CCCCC1CNC(=O)OC(C)(C)C. The molecule has 0 bridgehead atoms. The van der Waals surface area contributed by atoms with Crippen LogP contribution >= 0.6 is 0 Å². The van der Waals surface area contributed by atoms with Crippen molar-refractivity contribution in [3.05, 3.63) is 0 Å². The topological polar surface area (TPSA) is 59.6 Å². The Morgan fingerprint density at radius 1 is 1.29 bits per heavy atom. The zero-order valence-electron chi connectivity index (χ0n) is 14.2. The second-order valence-corrected chi connectivity index (χ2v) is 7.06. The molecule has 0 aromatic heterocycles. The molecule has 3 atom stereocenters. The highest BCUT2D eigenvalue weighted by Gasteiger charge is 2.27. The van der Waals surface area contributed by atoms with E-state index in [0.29, 0.717) is 31.2 Å². The summed E-state index contributed by atoms with van der Waals surface area (Å²) in [5.74, 6) is 0.463. The Balaban J connectivity index is 2.41. The summed E-state index contributed by atoms with van der Waals surface area (Å²) in [5.41, 5.74) is -0.443. The zero-order chi connectivity index (χ0) is 15.9. The van der Waals surface area contributed by atoms with Gasteiger partial charge in [-0.05, 0) is 46.5 Å². The quantitative estimate of drug-likeness (QED) is 0.792. The summed E-state index contributed by atoms with van der Waals surface area (Å²) in [6.45, 7) is 9.16. The van der Waals surface area contributed by atoms with E-state index in [9.17, 15) is 4.79 Å². The van der Waals surface area contributed by atoms with E-state index in [1.807, 2.05) is 20.8 Å². The van der Waals surface area contributed by atoms with Crippen LogP contribution in [0.25, 0.3) is 0 Å². The number of alkyl carbamates (subject to hydrolysis) is 1. The minimum absolute atomic E-state index is 0.322. The van der Waals surface area contributed by atoms with Crippen LogP contribution in [0.15, 0.2) is 0 Å². The van der Waals surface area contributed by atoms with E-state index in [-0.39, 0.29) is 6.09 Å². The molecule has 5 nitrogen and oxygen atoms in total. The second kappa shape index (κ2) is 8.59. The molecule has 5 heteroatoms. The molecule has 0 aliphatic heterocycles. The first-order chi connectivity index (χ1) is 9.81. The summed E-state index contributed by atoms with van der Waals surface area (Å²) in [4.78, 5) is 11.8. The highest BCUT2D eigenvalue weighted by atomic mass is 16.6. The van der Waals surface area contributed by atoms with Crippen LogP contribution in [0.4, 0.5) is 4.79 Å². The van der Waals surface area contributed by atoms with E-state index in [0.717, 1.165) is 12.8 Å². The maximum absolute atomic E-state index is 11.8. The Labute approximate surface area is 129 Å². The van der Waals surface area contributed by atoms with E-state index in [1.54, 1.807) is 7.11 Å². The van der Waals surface area contributed by atoms with Crippen LogP contribution in [0.1, 0.15) is 53.4 Å².